The zero-order chi connectivity index (χ0) is 19.1. The molecule has 0 radical (unpaired) electrons. The summed E-state index contributed by atoms with van der Waals surface area (Å²) in [6.45, 7) is 0.792. The monoisotopic (exact) mass is 401 g/mol. The number of carbonyl (C=O) groups excluding carboxylic acids is 1. The Morgan fingerprint density at radius 2 is 1.81 bits per heavy atom. The summed E-state index contributed by atoms with van der Waals surface area (Å²) in [5.74, 6) is 0.640. The average Bonchev–Trinajstić information content (AvgIpc) is 2.69. The van der Waals surface area contributed by atoms with E-state index in [1.807, 2.05) is 36.4 Å². The van der Waals surface area contributed by atoms with Crippen molar-refractivity contribution in [1.29, 1.82) is 0 Å². The van der Waals surface area contributed by atoms with Crippen LogP contribution in [0.1, 0.15) is 11.1 Å². The van der Waals surface area contributed by atoms with E-state index in [4.69, 9.17) is 27.9 Å². The maximum Gasteiger partial charge on any atom is 0.319 e. The van der Waals surface area contributed by atoms with Gasteiger partial charge in [0.15, 0.2) is 0 Å². The van der Waals surface area contributed by atoms with Crippen LogP contribution in [-0.2, 0) is 13.2 Å². The SMILES string of the molecule is O=C(NCc1cccnc1)Nc1ccc(COc2ccc(Cl)c(Cl)c2)cc1. The summed E-state index contributed by atoms with van der Waals surface area (Å²) in [5.41, 5.74) is 2.59. The van der Waals surface area contributed by atoms with E-state index in [0.717, 1.165) is 11.1 Å². The summed E-state index contributed by atoms with van der Waals surface area (Å²) in [5, 5.41) is 6.50. The summed E-state index contributed by atoms with van der Waals surface area (Å²) in [4.78, 5) is 16.0. The number of halogens is 2. The molecule has 2 N–H and O–H groups in total. The molecule has 0 aliphatic rings. The van der Waals surface area contributed by atoms with E-state index in [1.54, 1.807) is 30.6 Å². The minimum atomic E-state index is -0.279. The second-order valence-corrected chi connectivity index (χ2v) is 6.54. The van der Waals surface area contributed by atoms with Gasteiger partial charge in [-0.1, -0.05) is 41.4 Å². The number of benzene rings is 2. The van der Waals surface area contributed by atoms with Crippen LogP contribution in [0.15, 0.2) is 67.0 Å². The molecule has 138 valence electrons. The quantitative estimate of drug-likeness (QED) is 0.589. The van der Waals surface area contributed by atoms with Crippen molar-refractivity contribution >= 4 is 34.9 Å². The van der Waals surface area contributed by atoms with Gasteiger partial charge < -0.3 is 15.4 Å². The normalized spacial score (nSPS) is 10.3. The molecule has 0 aliphatic heterocycles. The van der Waals surface area contributed by atoms with Crippen LogP contribution in [0.3, 0.4) is 0 Å². The molecule has 0 spiro atoms. The number of anilines is 1. The molecular weight excluding hydrogens is 385 g/mol. The van der Waals surface area contributed by atoms with Crippen LogP contribution in [0.4, 0.5) is 10.5 Å². The van der Waals surface area contributed by atoms with Gasteiger partial charge in [-0.15, -0.1) is 0 Å². The molecule has 0 fully saturated rings. The van der Waals surface area contributed by atoms with Crippen LogP contribution in [0.25, 0.3) is 0 Å². The molecule has 27 heavy (non-hydrogen) atoms. The number of rotatable bonds is 6. The molecule has 0 saturated heterocycles. The van der Waals surface area contributed by atoms with Crippen molar-refractivity contribution in [2.75, 3.05) is 5.32 Å². The third kappa shape index (κ3) is 5.88. The fraction of sp³-hybridized carbons (Fsp3) is 0.100. The summed E-state index contributed by atoms with van der Waals surface area (Å²) < 4.78 is 5.69. The van der Waals surface area contributed by atoms with Gasteiger partial charge in [-0.3, -0.25) is 4.98 Å². The van der Waals surface area contributed by atoms with Crippen molar-refractivity contribution in [3.05, 3.63) is 88.2 Å². The van der Waals surface area contributed by atoms with Crippen LogP contribution in [0.2, 0.25) is 10.0 Å². The molecule has 1 aromatic heterocycles. The highest BCUT2D eigenvalue weighted by molar-refractivity contribution is 6.42. The minimum Gasteiger partial charge on any atom is -0.489 e. The topological polar surface area (TPSA) is 63.2 Å². The van der Waals surface area contributed by atoms with Crippen molar-refractivity contribution in [3.63, 3.8) is 0 Å². The molecular formula is C20H17Cl2N3O2. The molecule has 3 aromatic rings. The average molecular weight is 402 g/mol. The Morgan fingerprint density at radius 1 is 1.00 bits per heavy atom. The standard InChI is InChI=1S/C20H17Cl2N3O2/c21-18-8-7-17(10-19(18)22)27-13-14-3-5-16(6-4-14)25-20(26)24-12-15-2-1-9-23-11-15/h1-11H,12-13H2,(H2,24,25,26). The van der Waals surface area contributed by atoms with E-state index in [0.29, 0.717) is 34.6 Å². The van der Waals surface area contributed by atoms with Crippen molar-refractivity contribution < 1.29 is 9.53 Å². The van der Waals surface area contributed by atoms with E-state index in [1.165, 1.54) is 0 Å². The second kappa shape index (κ2) is 9.26. The van der Waals surface area contributed by atoms with Gasteiger partial charge in [0.05, 0.1) is 10.0 Å². The van der Waals surface area contributed by atoms with Crippen molar-refractivity contribution in [1.82, 2.24) is 10.3 Å². The smallest absolute Gasteiger partial charge is 0.319 e. The molecule has 0 saturated carbocycles. The lowest BCUT2D eigenvalue weighted by molar-refractivity contribution is 0.251. The lowest BCUT2D eigenvalue weighted by Crippen LogP contribution is -2.28. The molecule has 1 heterocycles. The number of amides is 2. The highest BCUT2D eigenvalue weighted by atomic mass is 35.5. The second-order valence-electron chi connectivity index (χ2n) is 5.73. The van der Waals surface area contributed by atoms with Crippen LogP contribution in [-0.4, -0.2) is 11.0 Å². The van der Waals surface area contributed by atoms with E-state index in [-0.39, 0.29) is 6.03 Å². The maximum absolute atomic E-state index is 12.0. The zero-order valence-electron chi connectivity index (χ0n) is 14.3. The number of pyridine rings is 1. The number of nitrogens with one attached hydrogen (secondary N) is 2. The zero-order valence-corrected chi connectivity index (χ0v) is 15.8. The van der Waals surface area contributed by atoms with Gasteiger partial charge in [0.25, 0.3) is 0 Å². The third-order valence-electron chi connectivity index (χ3n) is 3.68. The Kier molecular flexibility index (Phi) is 6.52. The first-order valence-corrected chi connectivity index (χ1v) is 8.96. The molecule has 0 aliphatic carbocycles. The number of urea groups is 1. The summed E-state index contributed by atoms with van der Waals surface area (Å²) >= 11 is 11.9. The van der Waals surface area contributed by atoms with E-state index in [2.05, 4.69) is 15.6 Å². The van der Waals surface area contributed by atoms with E-state index in [9.17, 15) is 4.79 Å². The van der Waals surface area contributed by atoms with Gasteiger partial charge in [-0.05, 0) is 41.5 Å². The van der Waals surface area contributed by atoms with Gasteiger partial charge in [0.1, 0.15) is 12.4 Å². The molecule has 0 bridgehead atoms. The van der Waals surface area contributed by atoms with Crippen LogP contribution >= 0.6 is 23.2 Å². The van der Waals surface area contributed by atoms with Gasteiger partial charge in [-0.25, -0.2) is 4.79 Å². The summed E-state index contributed by atoms with van der Waals surface area (Å²) in [7, 11) is 0. The Morgan fingerprint density at radius 3 is 2.52 bits per heavy atom. The van der Waals surface area contributed by atoms with Gasteiger partial charge >= 0.3 is 6.03 Å². The predicted octanol–water partition coefficient (Wildman–Crippen LogP) is 5.29. The largest absolute Gasteiger partial charge is 0.489 e. The highest BCUT2D eigenvalue weighted by Crippen LogP contribution is 2.26. The third-order valence-corrected chi connectivity index (χ3v) is 4.42. The minimum absolute atomic E-state index is 0.279. The molecule has 0 atom stereocenters. The van der Waals surface area contributed by atoms with Crippen LogP contribution in [0, 0.1) is 0 Å². The van der Waals surface area contributed by atoms with Gasteiger partial charge in [0.2, 0.25) is 0 Å². The Balaban J connectivity index is 1.47. The fourth-order valence-electron chi connectivity index (χ4n) is 2.28. The first-order chi connectivity index (χ1) is 13.1. The number of ether oxygens (including phenoxy) is 1. The highest BCUT2D eigenvalue weighted by Gasteiger charge is 2.04. The summed E-state index contributed by atoms with van der Waals surface area (Å²) in [6, 6.07) is 16.0. The molecule has 7 heteroatoms. The molecule has 5 nitrogen and oxygen atoms in total. The lowest BCUT2D eigenvalue weighted by atomic mass is 10.2. The van der Waals surface area contributed by atoms with E-state index < -0.39 is 0 Å². The van der Waals surface area contributed by atoms with Crippen molar-refractivity contribution in [2.45, 2.75) is 13.2 Å². The first-order valence-electron chi connectivity index (χ1n) is 8.21. The fourth-order valence-corrected chi connectivity index (χ4v) is 2.57. The summed E-state index contributed by atoms with van der Waals surface area (Å²) in [6.07, 6.45) is 3.40. The Hall–Kier alpha value is -2.76. The number of nitrogens with zero attached hydrogens (tertiary/aromatic N) is 1. The molecule has 0 unspecified atom stereocenters. The van der Waals surface area contributed by atoms with E-state index >= 15 is 0 Å². The van der Waals surface area contributed by atoms with Crippen LogP contribution < -0.4 is 15.4 Å². The Labute approximate surface area is 167 Å². The molecule has 3 rings (SSSR count). The maximum atomic E-state index is 12.0. The molecule has 2 aromatic carbocycles. The van der Waals surface area contributed by atoms with Crippen molar-refractivity contribution in [2.24, 2.45) is 0 Å². The van der Waals surface area contributed by atoms with Crippen molar-refractivity contribution in [3.8, 4) is 5.75 Å². The number of hydrogen-bond donors (Lipinski definition) is 2. The number of aromatic nitrogens is 1. The number of carbonyl (C=O) groups is 1. The van der Waals surface area contributed by atoms with Gasteiger partial charge in [-0.2, -0.15) is 0 Å². The first kappa shape index (κ1) is 19.0. The lowest BCUT2D eigenvalue weighted by Gasteiger charge is -2.10. The van der Waals surface area contributed by atoms with Gasteiger partial charge in [0, 0.05) is 30.7 Å². The molecule has 2 amide bonds. The number of hydrogen-bond acceptors (Lipinski definition) is 3. The predicted molar refractivity (Wildman–Crippen MR) is 107 cm³/mol. The van der Waals surface area contributed by atoms with Crippen LogP contribution in [0.5, 0.6) is 5.75 Å². The Bertz CT molecular complexity index is 903.